The van der Waals surface area contributed by atoms with E-state index in [1.165, 1.54) is 167 Å². The maximum Gasteiger partial charge on any atom is 0.220 e. The van der Waals surface area contributed by atoms with Crippen molar-refractivity contribution in [3.8, 4) is 0 Å². The van der Waals surface area contributed by atoms with Crippen LogP contribution in [0.1, 0.15) is 271 Å². The summed E-state index contributed by atoms with van der Waals surface area (Å²) in [6.07, 6.45) is 50.4. The van der Waals surface area contributed by atoms with Gasteiger partial charge in [0, 0.05) is 6.42 Å². The smallest absolute Gasteiger partial charge is 0.220 e. The Balaban J connectivity index is 1.29. The summed E-state index contributed by atoms with van der Waals surface area (Å²) in [7, 11) is 0. The largest absolute Gasteiger partial charge is 0.394 e. The second-order valence-electron chi connectivity index (χ2n) is 27.1. The first-order valence-corrected chi connectivity index (χ1v) is 38.3. The van der Waals surface area contributed by atoms with Crippen molar-refractivity contribution in [1.82, 2.24) is 5.32 Å². The van der Waals surface area contributed by atoms with E-state index in [4.69, 9.17) is 28.4 Å². The molecule has 562 valence electrons. The number of aliphatic hydroxyl groups excluding tert-OH is 11. The molecule has 1 amide bonds. The zero-order valence-corrected chi connectivity index (χ0v) is 59.8. The van der Waals surface area contributed by atoms with Crippen molar-refractivity contribution in [2.45, 2.75) is 375 Å². The lowest BCUT2D eigenvalue weighted by Crippen LogP contribution is -2.66. The summed E-state index contributed by atoms with van der Waals surface area (Å²) >= 11 is 0. The lowest BCUT2D eigenvalue weighted by Gasteiger charge is -2.48. The minimum atomic E-state index is -1.98. The van der Waals surface area contributed by atoms with Crippen LogP contribution in [0.25, 0.3) is 0 Å². The Labute approximate surface area is 584 Å². The molecule has 0 saturated carbocycles. The zero-order chi connectivity index (χ0) is 70.4. The van der Waals surface area contributed by atoms with Gasteiger partial charge in [-0.05, 0) is 83.5 Å². The van der Waals surface area contributed by atoms with Gasteiger partial charge < -0.3 is 89.9 Å². The van der Waals surface area contributed by atoms with E-state index < -0.39 is 124 Å². The Kier molecular flexibility index (Phi) is 53.2. The van der Waals surface area contributed by atoms with Crippen LogP contribution >= 0.6 is 0 Å². The highest BCUT2D eigenvalue weighted by atomic mass is 16.8. The standard InChI is InChI=1S/C78H137NO18/c1-3-5-7-9-11-13-15-17-18-19-20-21-22-23-24-25-26-27-28-29-30-31-32-33-34-35-36-37-38-39-40-41-42-44-46-48-50-52-54-56-66(84)79-61(62(83)55-53-51-49-47-45-43-16-14-12-10-8-6-4-2)60-92-76-72(90)69(87)74(64(58-81)94-76)97-78-73(91)70(88)75(65(59-82)95-78)96-77-71(89)68(86)67(85)63(57-80)93-77/h5,7,11-14,17-18,20-21,45,47,53,55,61-65,67-78,80-83,85-91H,3-4,6,8-10,15-16,19,22-44,46,48-52,54,56-60H2,1-2H3,(H,79,84)/b7-5-,13-11-,14-12+,18-17-,21-20-,47-45+,55-53+. The number of aliphatic hydroxyl groups is 11. The third-order valence-electron chi connectivity index (χ3n) is 18.7. The summed E-state index contributed by atoms with van der Waals surface area (Å²) in [6, 6.07) is -0.997. The molecule has 3 heterocycles. The summed E-state index contributed by atoms with van der Waals surface area (Å²) in [5, 5.41) is 120. The number of amides is 1. The number of hydrogen-bond donors (Lipinski definition) is 12. The van der Waals surface area contributed by atoms with E-state index in [2.05, 4.69) is 92.1 Å². The molecule has 17 unspecified atom stereocenters. The second kappa shape index (κ2) is 58.5. The minimum Gasteiger partial charge on any atom is -0.394 e. The number of hydrogen-bond acceptors (Lipinski definition) is 18. The van der Waals surface area contributed by atoms with Gasteiger partial charge in [0.05, 0.1) is 38.6 Å². The molecule has 3 saturated heterocycles. The first kappa shape index (κ1) is 88.2. The summed E-state index contributed by atoms with van der Waals surface area (Å²) in [4.78, 5) is 13.4. The average molecular weight is 1380 g/mol. The van der Waals surface area contributed by atoms with Crippen molar-refractivity contribution in [2.24, 2.45) is 0 Å². The van der Waals surface area contributed by atoms with Crippen molar-refractivity contribution >= 4 is 5.91 Å². The van der Waals surface area contributed by atoms with Crippen molar-refractivity contribution in [2.75, 3.05) is 26.4 Å². The summed E-state index contributed by atoms with van der Waals surface area (Å²) in [6.45, 7) is 1.56. The molecule has 0 radical (unpaired) electrons. The molecule has 19 nitrogen and oxygen atoms in total. The molecule has 3 rings (SSSR count). The first-order chi connectivity index (χ1) is 47.3. The Bertz CT molecular complexity index is 2080. The quantitative estimate of drug-likeness (QED) is 0.0199. The Hall–Kier alpha value is -3.03. The fourth-order valence-corrected chi connectivity index (χ4v) is 12.5. The van der Waals surface area contributed by atoms with Crippen LogP contribution in [-0.4, -0.2) is 193 Å². The number of carbonyl (C=O) groups excluding carboxylic acids is 1. The maximum absolute atomic E-state index is 13.4. The molecule has 0 spiro atoms. The Morgan fingerprint density at radius 2 is 0.722 bits per heavy atom. The van der Waals surface area contributed by atoms with E-state index >= 15 is 0 Å². The van der Waals surface area contributed by atoms with Crippen LogP contribution in [0.2, 0.25) is 0 Å². The fourth-order valence-electron chi connectivity index (χ4n) is 12.5. The van der Waals surface area contributed by atoms with E-state index in [1.807, 2.05) is 6.08 Å². The monoisotopic (exact) mass is 1380 g/mol. The van der Waals surface area contributed by atoms with Gasteiger partial charge in [-0.25, -0.2) is 0 Å². The highest BCUT2D eigenvalue weighted by Crippen LogP contribution is 2.33. The van der Waals surface area contributed by atoms with Gasteiger partial charge in [0.25, 0.3) is 0 Å². The first-order valence-electron chi connectivity index (χ1n) is 38.3. The lowest BCUT2D eigenvalue weighted by atomic mass is 9.96. The van der Waals surface area contributed by atoms with E-state index in [1.54, 1.807) is 6.08 Å². The van der Waals surface area contributed by atoms with Crippen LogP contribution in [0.3, 0.4) is 0 Å². The molecule has 0 aromatic carbocycles. The van der Waals surface area contributed by atoms with E-state index in [0.29, 0.717) is 12.8 Å². The van der Waals surface area contributed by atoms with Crippen LogP contribution in [0, 0.1) is 0 Å². The average Bonchev–Trinajstić information content (AvgIpc) is 0.809. The highest BCUT2D eigenvalue weighted by Gasteiger charge is 2.53. The van der Waals surface area contributed by atoms with Gasteiger partial charge in [0.2, 0.25) is 5.91 Å². The lowest BCUT2D eigenvalue weighted by molar-refractivity contribution is -0.379. The summed E-state index contributed by atoms with van der Waals surface area (Å²) in [5.74, 6) is -0.289. The van der Waals surface area contributed by atoms with Crippen LogP contribution in [-0.2, 0) is 33.2 Å². The summed E-state index contributed by atoms with van der Waals surface area (Å²) < 4.78 is 34.3. The number of unbranched alkanes of at least 4 members (excludes halogenated alkanes) is 31. The van der Waals surface area contributed by atoms with Crippen molar-refractivity contribution in [3.05, 3.63) is 85.1 Å². The molecule has 0 aromatic rings. The maximum atomic E-state index is 13.4. The molecule has 12 N–H and O–H groups in total. The van der Waals surface area contributed by atoms with E-state index in [-0.39, 0.29) is 18.9 Å². The molecule has 97 heavy (non-hydrogen) atoms. The SMILES string of the molecule is CC/C=C\C/C=C\C/C=C\C/C=C\CCCCCCCCCCCCCCCCCCCCCCCCCCCCC(=O)NC(COC1OC(CO)C(OC2OC(CO)C(OC3OC(CO)C(O)C(O)C3O)C(O)C2O)C(O)C1O)C(O)/C=C/CC/C=C/CC/C=C/CCCCC. The number of nitrogens with one attached hydrogen (secondary N) is 1. The van der Waals surface area contributed by atoms with Gasteiger partial charge >= 0.3 is 0 Å². The predicted octanol–water partition coefficient (Wildman–Crippen LogP) is 11.8. The highest BCUT2D eigenvalue weighted by molar-refractivity contribution is 5.76. The molecule has 0 aromatic heterocycles. The third kappa shape index (κ3) is 39.3. The summed E-state index contributed by atoms with van der Waals surface area (Å²) in [5.41, 5.74) is 0. The molecule has 0 aliphatic carbocycles. The topological polar surface area (TPSA) is 307 Å². The second-order valence-corrected chi connectivity index (χ2v) is 27.1. The molecular weight excluding hydrogens is 1240 g/mol. The normalized spacial score (nSPS) is 27.4. The molecule has 3 aliphatic rings. The van der Waals surface area contributed by atoms with Crippen LogP contribution < -0.4 is 5.32 Å². The minimum absolute atomic E-state index is 0.232. The molecule has 3 aliphatic heterocycles. The molecule has 19 heteroatoms. The predicted molar refractivity (Wildman–Crippen MR) is 383 cm³/mol. The third-order valence-corrected chi connectivity index (χ3v) is 18.7. The molecule has 0 bridgehead atoms. The van der Waals surface area contributed by atoms with E-state index in [9.17, 15) is 61.0 Å². The molecular formula is C78H137NO18. The van der Waals surface area contributed by atoms with Crippen molar-refractivity contribution in [1.29, 1.82) is 0 Å². The number of rotatable bonds is 59. The van der Waals surface area contributed by atoms with Gasteiger partial charge in [-0.15, -0.1) is 0 Å². The number of allylic oxidation sites excluding steroid dienone is 13. The fraction of sp³-hybridized carbons (Fsp3) is 0.808. The van der Waals surface area contributed by atoms with Gasteiger partial charge in [-0.3, -0.25) is 4.79 Å². The Morgan fingerprint density at radius 3 is 1.15 bits per heavy atom. The van der Waals surface area contributed by atoms with Crippen molar-refractivity contribution in [3.63, 3.8) is 0 Å². The van der Waals surface area contributed by atoms with Crippen molar-refractivity contribution < 1.29 is 89.4 Å². The zero-order valence-electron chi connectivity index (χ0n) is 59.8. The Morgan fingerprint density at radius 1 is 0.381 bits per heavy atom. The van der Waals surface area contributed by atoms with E-state index in [0.717, 1.165) is 70.6 Å². The van der Waals surface area contributed by atoms with Crippen LogP contribution in [0.15, 0.2) is 85.1 Å². The number of carbonyl (C=O) groups is 1. The number of ether oxygens (including phenoxy) is 6. The van der Waals surface area contributed by atoms with Crippen LogP contribution in [0.4, 0.5) is 0 Å². The van der Waals surface area contributed by atoms with Gasteiger partial charge in [-0.1, -0.05) is 266 Å². The van der Waals surface area contributed by atoms with Gasteiger partial charge in [0.1, 0.15) is 73.2 Å². The van der Waals surface area contributed by atoms with Gasteiger partial charge in [-0.2, -0.15) is 0 Å². The molecule has 3 fully saturated rings. The van der Waals surface area contributed by atoms with Crippen LogP contribution in [0.5, 0.6) is 0 Å². The van der Waals surface area contributed by atoms with Gasteiger partial charge in [0.15, 0.2) is 18.9 Å². The molecule has 17 atom stereocenters.